The molecule has 0 spiro atoms. The minimum atomic E-state index is -0.806. The van der Waals surface area contributed by atoms with Crippen LogP contribution in [0.25, 0.3) is 10.4 Å². The molecule has 1 aromatic carbocycles. The molecule has 1 fully saturated rings. The van der Waals surface area contributed by atoms with Gasteiger partial charge in [-0.05, 0) is 11.1 Å². The molecule has 2 aliphatic rings. The van der Waals surface area contributed by atoms with Gasteiger partial charge < -0.3 is 10.1 Å². The largest absolute Gasteiger partial charge is 0.410 e. The molecule has 11 nitrogen and oxygen atoms in total. The molecule has 0 saturated carbocycles. The summed E-state index contributed by atoms with van der Waals surface area (Å²) in [4.78, 5) is 23.1. The van der Waals surface area contributed by atoms with Gasteiger partial charge >= 0.3 is 6.03 Å². The average Bonchev–Trinajstić information content (AvgIpc) is 3.28. The Labute approximate surface area is 170 Å². The highest BCUT2D eigenvalue weighted by Gasteiger charge is 2.52. The summed E-state index contributed by atoms with van der Waals surface area (Å²) in [5.74, 6) is 0. The SMILES string of the molecule is [N-]=[N+]=NCCn1ncc2c1[C@@H](/C(Cl)=N/O)N1C[C@@H]2N(OCc2ccccc2)C1=O. The van der Waals surface area contributed by atoms with Crippen molar-refractivity contribution in [2.24, 2.45) is 10.3 Å². The smallest absolute Gasteiger partial charge is 0.345 e. The third-order valence-electron chi connectivity index (χ3n) is 4.94. The number of halogens is 1. The van der Waals surface area contributed by atoms with Gasteiger partial charge in [0.25, 0.3) is 0 Å². The number of hydrogen-bond donors (Lipinski definition) is 1. The van der Waals surface area contributed by atoms with Crippen molar-refractivity contribution in [2.45, 2.75) is 25.2 Å². The second-order valence-corrected chi connectivity index (χ2v) is 6.91. The van der Waals surface area contributed by atoms with Crippen molar-refractivity contribution in [3.8, 4) is 0 Å². The monoisotopic (exact) mass is 416 g/mol. The number of aromatic nitrogens is 2. The van der Waals surface area contributed by atoms with E-state index in [9.17, 15) is 10.0 Å². The van der Waals surface area contributed by atoms with Crippen molar-refractivity contribution in [3.05, 3.63) is 63.8 Å². The average molecular weight is 417 g/mol. The molecule has 150 valence electrons. The molecular weight excluding hydrogens is 400 g/mol. The number of fused-ring (bicyclic) bond motifs is 4. The second kappa shape index (κ2) is 8.00. The highest BCUT2D eigenvalue weighted by molar-refractivity contribution is 6.66. The number of azide groups is 1. The predicted octanol–water partition coefficient (Wildman–Crippen LogP) is 3.19. The van der Waals surface area contributed by atoms with Crippen LogP contribution in [0, 0.1) is 0 Å². The Hall–Kier alpha value is -3.27. The Balaban J connectivity index is 1.66. The predicted molar refractivity (Wildman–Crippen MR) is 102 cm³/mol. The van der Waals surface area contributed by atoms with Crippen LogP contribution in [0.4, 0.5) is 4.79 Å². The molecule has 2 atom stereocenters. The fourth-order valence-electron chi connectivity index (χ4n) is 3.67. The van der Waals surface area contributed by atoms with Gasteiger partial charge in [0.2, 0.25) is 0 Å². The van der Waals surface area contributed by atoms with Gasteiger partial charge in [-0.25, -0.2) is 4.79 Å². The Morgan fingerprint density at radius 1 is 1.41 bits per heavy atom. The zero-order chi connectivity index (χ0) is 20.4. The number of oxime groups is 1. The summed E-state index contributed by atoms with van der Waals surface area (Å²) < 4.78 is 1.61. The van der Waals surface area contributed by atoms with Crippen molar-refractivity contribution in [2.75, 3.05) is 13.1 Å². The molecule has 0 unspecified atom stereocenters. The maximum Gasteiger partial charge on any atom is 0.345 e. The molecule has 4 rings (SSSR count). The molecule has 1 saturated heterocycles. The van der Waals surface area contributed by atoms with Gasteiger partial charge in [0, 0.05) is 23.6 Å². The van der Waals surface area contributed by atoms with E-state index in [2.05, 4.69) is 20.3 Å². The maximum atomic E-state index is 13.0. The fourth-order valence-corrected chi connectivity index (χ4v) is 3.89. The van der Waals surface area contributed by atoms with E-state index in [1.54, 1.807) is 10.9 Å². The summed E-state index contributed by atoms with van der Waals surface area (Å²) in [5, 5.41) is 21.4. The molecule has 0 radical (unpaired) electrons. The zero-order valence-electron chi connectivity index (χ0n) is 15.2. The van der Waals surface area contributed by atoms with Crippen LogP contribution in [-0.4, -0.2) is 49.2 Å². The summed E-state index contributed by atoms with van der Waals surface area (Å²) in [6.07, 6.45) is 1.64. The highest BCUT2D eigenvalue weighted by atomic mass is 35.5. The van der Waals surface area contributed by atoms with Gasteiger partial charge in [0.05, 0.1) is 18.4 Å². The van der Waals surface area contributed by atoms with Gasteiger partial charge in [0.15, 0.2) is 5.17 Å². The molecule has 0 aliphatic carbocycles. The number of rotatable bonds is 7. The van der Waals surface area contributed by atoms with E-state index in [0.717, 1.165) is 11.1 Å². The quantitative estimate of drug-likeness (QED) is 0.185. The lowest BCUT2D eigenvalue weighted by molar-refractivity contribution is -0.141. The topological polar surface area (TPSA) is 132 Å². The van der Waals surface area contributed by atoms with Gasteiger partial charge in [-0.3, -0.25) is 9.52 Å². The van der Waals surface area contributed by atoms with Crippen molar-refractivity contribution in [3.63, 3.8) is 0 Å². The molecular formula is C17H17ClN8O3. The number of carbonyl (C=O) groups excluding carboxylic acids is 1. The Morgan fingerprint density at radius 2 is 2.21 bits per heavy atom. The third kappa shape index (κ3) is 3.35. The number of hydroxylamine groups is 2. The Morgan fingerprint density at radius 3 is 2.93 bits per heavy atom. The van der Waals surface area contributed by atoms with Crippen LogP contribution in [0.1, 0.15) is 28.9 Å². The zero-order valence-corrected chi connectivity index (χ0v) is 15.9. The highest BCUT2D eigenvalue weighted by Crippen LogP contribution is 2.45. The van der Waals surface area contributed by atoms with Crippen molar-refractivity contribution < 1.29 is 14.8 Å². The summed E-state index contributed by atoms with van der Waals surface area (Å²) in [5.41, 5.74) is 10.8. The molecule has 1 aromatic heterocycles. The number of urea groups is 1. The summed E-state index contributed by atoms with van der Waals surface area (Å²) in [7, 11) is 0. The number of benzene rings is 1. The second-order valence-electron chi connectivity index (χ2n) is 6.52. The molecule has 1 N–H and O–H groups in total. The molecule has 2 aliphatic heterocycles. The molecule has 2 aromatic rings. The van der Waals surface area contributed by atoms with Gasteiger partial charge in [0.1, 0.15) is 18.7 Å². The number of carbonyl (C=O) groups is 1. The van der Waals surface area contributed by atoms with Crippen LogP contribution in [0.15, 0.2) is 46.8 Å². The first kappa shape index (κ1) is 19.1. The van der Waals surface area contributed by atoms with Crippen molar-refractivity contribution in [1.82, 2.24) is 19.7 Å². The first-order valence-electron chi connectivity index (χ1n) is 8.86. The molecule has 2 bridgehead atoms. The van der Waals surface area contributed by atoms with E-state index >= 15 is 0 Å². The van der Waals surface area contributed by atoms with E-state index in [1.807, 2.05) is 30.3 Å². The molecule has 3 heterocycles. The molecule has 2 amide bonds. The van der Waals surface area contributed by atoms with Crippen LogP contribution in [0.2, 0.25) is 0 Å². The van der Waals surface area contributed by atoms with Crippen LogP contribution in [0.3, 0.4) is 0 Å². The Kier molecular flexibility index (Phi) is 5.26. The standard InChI is InChI=1S/C17H17ClN8O3/c18-16(22-28)15-14-12(8-21-25(14)7-6-20-23-19)13-9-24(15)17(27)26(13)29-10-11-4-2-1-3-5-11/h1-5,8,13,15,28H,6-7,9-10H2/b22-16-/t13-,15-/m0/s1. The first-order valence-corrected chi connectivity index (χ1v) is 9.24. The number of hydrogen-bond acceptors (Lipinski definition) is 6. The lowest BCUT2D eigenvalue weighted by atomic mass is 9.98. The van der Waals surface area contributed by atoms with Gasteiger partial charge in [-0.2, -0.15) is 10.2 Å². The fraction of sp³-hybridized carbons (Fsp3) is 0.353. The van der Waals surface area contributed by atoms with E-state index in [4.69, 9.17) is 22.0 Å². The third-order valence-corrected chi connectivity index (χ3v) is 5.22. The summed E-state index contributed by atoms with van der Waals surface area (Å²) >= 11 is 6.16. The van der Waals surface area contributed by atoms with Gasteiger partial charge in [-0.15, -0.1) is 0 Å². The lowest BCUT2D eigenvalue weighted by Crippen LogP contribution is -2.38. The van der Waals surface area contributed by atoms with E-state index < -0.39 is 6.04 Å². The lowest BCUT2D eigenvalue weighted by Gasteiger charge is -2.30. The summed E-state index contributed by atoms with van der Waals surface area (Å²) in [6.45, 7) is 1.02. The number of amides is 2. The minimum absolute atomic E-state index is 0.159. The Bertz CT molecular complexity index is 988. The molecule has 29 heavy (non-hydrogen) atoms. The first-order chi connectivity index (χ1) is 14.2. The van der Waals surface area contributed by atoms with Crippen molar-refractivity contribution in [1.29, 1.82) is 0 Å². The van der Waals surface area contributed by atoms with Crippen molar-refractivity contribution >= 4 is 22.8 Å². The van der Waals surface area contributed by atoms with Crippen LogP contribution in [0.5, 0.6) is 0 Å². The molecule has 12 heteroatoms. The van der Waals surface area contributed by atoms with E-state index in [1.165, 1.54) is 9.96 Å². The summed E-state index contributed by atoms with van der Waals surface area (Å²) in [6, 6.07) is 7.94. The van der Waals surface area contributed by atoms with Crippen LogP contribution >= 0.6 is 11.6 Å². The normalized spacial score (nSPS) is 20.6. The maximum absolute atomic E-state index is 13.0. The minimum Gasteiger partial charge on any atom is -0.410 e. The van der Waals surface area contributed by atoms with Crippen LogP contribution in [-0.2, 0) is 18.0 Å². The van der Waals surface area contributed by atoms with E-state index in [0.29, 0.717) is 18.8 Å². The number of nitrogens with zero attached hydrogens (tertiary/aromatic N) is 8. The van der Waals surface area contributed by atoms with E-state index in [-0.39, 0.29) is 30.4 Å². The van der Waals surface area contributed by atoms with Crippen LogP contribution < -0.4 is 0 Å². The van der Waals surface area contributed by atoms with Gasteiger partial charge in [-0.1, -0.05) is 52.2 Å².